The highest BCUT2D eigenvalue weighted by molar-refractivity contribution is 5.95. The minimum absolute atomic E-state index is 0.0666. The monoisotopic (exact) mass is 287 g/mol. The van der Waals surface area contributed by atoms with E-state index in [1.807, 2.05) is 6.07 Å². The second-order valence-corrected chi connectivity index (χ2v) is 4.95. The zero-order chi connectivity index (χ0) is 15.2. The number of carbonyl (C=O) groups is 2. The molecule has 1 saturated heterocycles. The summed E-state index contributed by atoms with van der Waals surface area (Å²) in [6.45, 7) is 1.26. The molecule has 0 unspecified atom stereocenters. The number of pyridine rings is 1. The molecule has 1 amide bonds. The molecule has 1 aromatic heterocycles. The SMILES string of the molecule is COCCN1C[C@@H](C(=O)[C@@H](C#N)c2ccccn2)CC1=O. The van der Waals surface area contributed by atoms with Crippen LogP contribution >= 0.6 is 0 Å². The first kappa shape index (κ1) is 15.1. The molecular weight excluding hydrogens is 270 g/mol. The Balaban J connectivity index is 2.06. The van der Waals surface area contributed by atoms with Gasteiger partial charge in [0.1, 0.15) is 5.92 Å². The first-order valence-electron chi connectivity index (χ1n) is 6.78. The van der Waals surface area contributed by atoms with Gasteiger partial charge in [-0.2, -0.15) is 5.26 Å². The van der Waals surface area contributed by atoms with Gasteiger partial charge in [-0.1, -0.05) is 6.07 Å². The number of aromatic nitrogens is 1. The van der Waals surface area contributed by atoms with Crippen molar-refractivity contribution in [2.24, 2.45) is 5.92 Å². The van der Waals surface area contributed by atoms with Crippen molar-refractivity contribution in [2.75, 3.05) is 26.8 Å². The Hall–Kier alpha value is -2.26. The van der Waals surface area contributed by atoms with E-state index in [-0.39, 0.29) is 18.1 Å². The lowest BCUT2D eigenvalue weighted by Crippen LogP contribution is -2.30. The van der Waals surface area contributed by atoms with Gasteiger partial charge < -0.3 is 9.64 Å². The van der Waals surface area contributed by atoms with E-state index in [1.54, 1.807) is 36.4 Å². The minimum atomic E-state index is -0.911. The lowest BCUT2D eigenvalue weighted by molar-refractivity contribution is -0.129. The van der Waals surface area contributed by atoms with Crippen LogP contribution in [0.2, 0.25) is 0 Å². The molecule has 0 aromatic carbocycles. The predicted octanol–water partition coefficient (Wildman–Crippen LogP) is 0.753. The lowest BCUT2D eigenvalue weighted by Gasteiger charge is -2.16. The molecule has 0 spiro atoms. The van der Waals surface area contributed by atoms with Gasteiger partial charge >= 0.3 is 0 Å². The summed E-state index contributed by atoms with van der Waals surface area (Å²) in [6, 6.07) is 7.13. The van der Waals surface area contributed by atoms with Gasteiger partial charge in [0.25, 0.3) is 0 Å². The fourth-order valence-corrected chi connectivity index (χ4v) is 2.44. The van der Waals surface area contributed by atoms with Gasteiger partial charge in [0.15, 0.2) is 5.78 Å². The molecule has 6 nitrogen and oxygen atoms in total. The molecule has 1 aromatic rings. The summed E-state index contributed by atoms with van der Waals surface area (Å²) in [5.74, 6) is -1.65. The zero-order valence-corrected chi connectivity index (χ0v) is 11.9. The minimum Gasteiger partial charge on any atom is -0.383 e. The van der Waals surface area contributed by atoms with Crippen molar-refractivity contribution < 1.29 is 14.3 Å². The summed E-state index contributed by atoms with van der Waals surface area (Å²) in [5.41, 5.74) is 0.438. The number of nitrogens with zero attached hydrogens (tertiary/aromatic N) is 3. The highest BCUT2D eigenvalue weighted by Gasteiger charge is 2.38. The molecule has 2 atom stereocenters. The standard InChI is InChI=1S/C15H17N3O3/c1-21-7-6-18-10-11(8-14(18)19)15(20)12(9-16)13-4-2-3-5-17-13/h2-5,11-12H,6-8,10H2,1H3/t11-,12-/m0/s1. The number of Topliss-reactive ketones (excluding diaryl/α,β-unsaturated/α-hetero) is 1. The zero-order valence-electron chi connectivity index (χ0n) is 11.9. The van der Waals surface area contributed by atoms with Crippen molar-refractivity contribution in [1.29, 1.82) is 5.26 Å². The number of methoxy groups -OCH3 is 1. The van der Waals surface area contributed by atoms with Crippen molar-refractivity contribution in [3.05, 3.63) is 30.1 Å². The number of ether oxygens (including phenoxy) is 1. The Bertz CT molecular complexity index is 553. The topological polar surface area (TPSA) is 83.3 Å². The highest BCUT2D eigenvalue weighted by atomic mass is 16.5. The van der Waals surface area contributed by atoms with Crippen LogP contribution in [-0.4, -0.2) is 48.4 Å². The van der Waals surface area contributed by atoms with E-state index in [1.165, 1.54) is 0 Å². The van der Waals surface area contributed by atoms with E-state index >= 15 is 0 Å². The van der Waals surface area contributed by atoms with Gasteiger partial charge in [0.05, 0.1) is 18.4 Å². The summed E-state index contributed by atoms with van der Waals surface area (Å²) in [4.78, 5) is 30.0. The third kappa shape index (κ3) is 3.44. The Morgan fingerprint density at radius 2 is 2.43 bits per heavy atom. The number of nitriles is 1. The number of rotatable bonds is 6. The van der Waals surface area contributed by atoms with Crippen molar-refractivity contribution in [2.45, 2.75) is 12.3 Å². The van der Waals surface area contributed by atoms with Crippen LogP contribution in [0.25, 0.3) is 0 Å². The smallest absolute Gasteiger partial charge is 0.223 e. The van der Waals surface area contributed by atoms with Crippen molar-refractivity contribution in [3.8, 4) is 6.07 Å². The van der Waals surface area contributed by atoms with E-state index in [2.05, 4.69) is 4.98 Å². The van der Waals surface area contributed by atoms with Crippen molar-refractivity contribution in [1.82, 2.24) is 9.88 Å². The molecule has 1 aliphatic heterocycles. The van der Waals surface area contributed by atoms with E-state index < -0.39 is 11.8 Å². The maximum absolute atomic E-state index is 12.5. The van der Waals surface area contributed by atoms with Crippen LogP contribution in [0.15, 0.2) is 24.4 Å². The molecule has 21 heavy (non-hydrogen) atoms. The van der Waals surface area contributed by atoms with Crippen LogP contribution in [0, 0.1) is 17.2 Å². The lowest BCUT2D eigenvalue weighted by atomic mass is 9.90. The molecule has 2 rings (SSSR count). The van der Waals surface area contributed by atoms with Gasteiger partial charge in [0, 0.05) is 38.7 Å². The van der Waals surface area contributed by atoms with Crippen molar-refractivity contribution in [3.63, 3.8) is 0 Å². The average Bonchev–Trinajstić information content (AvgIpc) is 2.88. The number of likely N-dealkylation sites (tertiary alicyclic amines) is 1. The molecule has 1 fully saturated rings. The molecule has 0 aliphatic carbocycles. The second-order valence-electron chi connectivity index (χ2n) is 4.95. The fraction of sp³-hybridized carbons (Fsp3) is 0.467. The Labute approximate surface area is 123 Å². The van der Waals surface area contributed by atoms with E-state index in [4.69, 9.17) is 4.74 Å². The summed E-state index contributed by atoms with van der Waals surface area (Å²) in [6.07, 6.45) is 1.71. The maximum Gasteiger partial charge on any atom is 0.223 e. The number of hydrogen-bond acceptors (Lipinski definition) is 5. The molecule has 6 heteroatoms. The quantitative estimate of drug-likeness (QED) is 0.771. The Kier molecular flexibility index (Phi) is 5.01. The molecule has 0 radical (unpaired) electrons. The van der Waals surface area contributed by atoms with Gasteiger partial charge in [-0.25, -0.2) is 0 Å². The summed E-state index contributed by atoms with van der Waals surface area (Å²) in [5, 5.41) is 9.25. The fourth-order valence-electron chi connectivity index (χ4n) is 2.44. The first-order chi connectivity index (χ1) is 10.2. The van der Waals surface area contributed by atoms with Crippen LogP contribution in [0.1, 0.15) is 18.0 Å². The van der Waals surface area contributed by atoms with Gasteiger partial charge in [-0.3, -0.25) is 14.6 Å². The van der Waals surface area contributed by atoms with E-state index in [0.29, 0.717) is 25.4 Å². The summed E-state index contributed by atoms with van der Waals surface area (Å²) in [7, 11) is 1.57. The van der Waals surface area contributed by atoms with Crippen LogP contribution in [0.4, 0.5) is 0 Å². The van der Waals surface area contributed by atoms with Gasteiger partial charge in [-0.05, 0) is 12.1 Å². The number of carbonyl (C=O) groups excluding carboxylic acids is 2. The molecule has 0 bridgehead atoms. The highest BCUT2D eigenvalue weighted by Crippen LogP contribution is 2.25. The molecular formula is C15H17N3O3. The van der Waals surface area contributed by atoms with E-state index in [0.717, 1.165) is 0 Å². The van der Waals surface area contributed by atoms with Crippen molar-refractivity contribution >= 4 is 11.7 Å². The predicted molar refractivity (Wildman–Crippen MR) is 74.2 cm³/mol. The molecule has 2 heterocycles. The van der Waals surface area contributed by atoms with Crippen LogP contribution in [0.5, 0.6) is 0 Å². The maximum atomic E-state index is 12.5. The molecule has 1 aliphatic rings. The third-order valence-corrected chi connectivity index (χ3v) is 3.58. The summed E-state index contributed by atoms with van der Waals surface area (Å²) >= 11 is 0. The Morgan fingerprint density at radius 3 is 3.05 bits per heavy atom. The normalized spacial score (nSPS) is 19.3. The number of ketones is 1. The Morgan fingerprint density at radius 1 is 1.62 bits per heavy atom. The third-order valence-electron chi connectivity index (χ3n) is 3.58. The molecule has 0 saturated carbocycles. The second kappa shape index (κ2) is 6.95. The van der Waals surface area contributed by atoms with E-state index in [9.17, 15) is 14.9 Å². The van der Waals surface area contributed by atoms with Gasteiger partial charge in [-0.15, -0.1) is 0 Å². The molecule has 0 N–H and O–H groups in total. The van der Waals surface area contributed by atoms with Gasteiger partial charge in [0.2, 0.25) is 5.91 Å². The largest absolute Gasteiger partial charge is 0.383 e. The average molecular weight is 287 g/mol. The van der Waals surface area contributed by atoms with Crippen LogP contribution in [-0.2, 0) is 14.3 Å². The van der Waals surface area contributed by atoms with Crippen LogP contribution in [0.3, 0.4) is 0 Å². The summed E-state index contributed by atoms with van der Waals surface area (Å²) < 4.78 is 4.94. The molecule has 110 valence electrons. The van der Waals surface area contributed by atoms with Crippen LogP contribution < -0.4 is 0 Å². The number of hydrogen-bond donors (Lipinski definition) is 0. The number of amides is 1. The first-order valence-corrected chi connectivity index (χ1v) is 6.78.